The van der Waals surface area contributed by atoms with E-state index in [1.807, 2.05) is 32.0 Å². The molecular weight excluding hydrogens is 282 g/mol. The van der Waals surface area contributed by atoms with Crippen LogP contribution in [0.2, 0.25) is 0 Å². The van der Waals surface area contributed by atoms with Gasteiger partial charge in [-0.05, 0) is 36.5 Å². The van der Waals surface area contributed by atoms with E-state index in [4.69, 9.17) is 9.84 Å². The van der Waals surface area contributed by atoms with Crippen molar-refractivity contribution in [3.63, 3.8) is 0 Å². The van der Waals surface area contributed by atoms with Gasteiger partial charge in [0.2, 0.25) is 5.91 Å². The van der Waals surface area contributed by atoms with Gasteiger partial charge < -0.3 is 14.7 Å². The Hall–Kier alpha value is -2.04. The molecule has 1 aliphatic rings. The number of carbonyl (C=O) groups excluding carboxylic acids is 1. The van der Waals surface area contributed by atoms with E-state index >= 15 is 0 Å². The first kappa shape index (κ1) is 16.3. The van der Waals surface area contributed by atoms with Crippen LogP contribution in [-0.4, -0.2) is 42.1 Å². The van der Waals surface area contributed by atoms with Crippen LogP contribution in [0, 0.1) is 18.8 Å². The largest absolute Gasteiger partial charge is 0.496 e. The lowest BCUT2D eigenvalue weighted by atomic mass is 9.87. The topological polar surface area (TPSA) is 66.8 Å². The Morgan fingerprint density at radius 3 is 2.73 bits per heavy atom. The van der Waals surface area contributed by atoms with E-state index in [0.29, 0.717) is 25.9 Å². The van der Waals surface area contributed by atoms with Crippen molar-refractivity contribution in [2.45, 2.75) is 26.7 Å². The Bertz CT molecular complexity index is 570. The number of nitrogens with zero attached hydrogens (tertiary/aromatic N) is 1. The number of amides is 1. The van der Waals surface area contributed by atoms with Gasteiger partial charge in [0.1, 0.15) is 5.75 Å². The molecule has 1 fully saturated rings. The molecule has 0 aliphatic carbocycles. The van der Waals surface area contributed by atoms with Gasteiger partial charge in [0.15, 0.2) is 0 Å². The van der Waals surface area contributed by atoms with Gasteiger partial charge in [-0.15, -0.1) is 0 Å². The van der Waals surface area contributed by atoms with Crippen LogP contribution in [0.15, 0.2) is 18.2 Å². The molecule has 2 unspecified atom stereocenters. The quantitative estimate of drug-likeness (QED) is 0.925. The summed E-state index contributed by atoms with van der Waals surface area (Å²) in [5, 5.41) is 9.14. The van der Waals surface area contributed by atoms with Crippen LogP contribution in [0.1, 0.15) is 24.5 Å². The van der Waals surface area contributed by atoms with E-state index in [2.05, 4.69) is 0 Å². The highest BCUT2D eigenvalue weighted by Crippen LogP contribution is 2.25. The molecule has 1 amide bonds. The second-order valence-corrected chi connectivity index (χ2v) is 6.03. The molecule has 0 bridgehead atoms. The number of rotatable bonds is 4. The number of likely N-dealkylation sites (tertiary alicyclic amines) is 1. The minimum absolute atomic E-state index is 0.0113. The third-order valence-electron chi connectivity index (χ3n) is 4.40. The maximum atomic E-state index is 12.4. The minimum atomic E-state index is -0.761. The zero-order valence-corrected chi connectivity index (χ0v) is 13.3. The third-order valence-corrected chi connectivity index (χ3v) is 4.40. The standard InChI is InChI=1S/C17H23NO4/c1-11-4-5-13(8-15(11)22-3)9-16(19)18-7-6-14(17(20)21)12(2)10-18/h4-5,8,12,14H,6-7,9-10H2,1-3H3,(H,20,21). The number of hydrogen-bond acceptors (Lipinski definition) is 3. The molecule has 1 heterocycles. The van der Waals surface area contributed by atoms with E-state index in [-0.39, 0.29) is 17.7 Å². The third kappa shape index (κ3) is 3.59. The first-order valence-corrected chi connectivity index (χ1v) is 7.56. The fourth-order valence-electron chi connectivity index (χ4n) is 3.00. The highest BCUT2D eigenvalue weighted by atomic mass is 16.5. The molecule has 0 aromatic heterocycles. The van der Waals surface area contributed by atoms with Gasteiger partial charge in [-0.2, -0.15) is 0 Å². The molecular formula is C17H23NO4. The summed E-state index contributed by atoms with van der Waals surface area (Å²) >= 11 is 0. The lowest BCUT2D eigenvalue weighted by Crippen LogP contribution is -2.45. The molecule has 5 heteroatoms. The zero-order valence-electron chi connectivity index (χ0n) is 13.3. The normalized spacial score (nSPS) is 21.5. The molecule has 120 valence electrons. The molecule has 1 aromatic rings. The maximum Gasteiger partial charge on any atom is 0.306 e. The number of aliphatic carboxylic acids is 1. The Morgan fingerprint density at radius 2 is 2.14 bits per heavy atom. The van der Waals surface area contributed by atoms with Crippen molar-refractivity contribution in [2.75, 3.05) is 20.2 Å². The Morgan fingerprint density at radius 1 is 1.41 bits per heavy atom. The minimum Gasteiger partial charge on any atom is -0.496 e. The summed E-state index contributed by atoms with van der Waals surface area (Å²) in [5.41, 5.74) is 1.95. The fourth-order valence-corrected chi connectivity index (χ4v) is 3.00. The lowest BCUT2D eigenvalue weighted by Gasteiger charge is -2.35. The van der Waals surface area contributed by atoms with E-state index in [1.165, 1.54) is 0 Å². The van der Waals surface area contributed by atoms with E-state index in [0.717, 1.165) is 16.9 Å². The van der Waals surface area contributed by atoms with E-state index in [9.17, 15) is 9.59 Å². The first-order valence-electron chi connectivity index (χ1n) is 7.56. The van der Waals surface area contributed by atoms with Gasteiger partial charge in [-0.3, -0.25) is 9.59 Å². The predicted octanol–water partition coefficient (Wildman–Crippen LogP) is 2.12. The Kier molecular flexibility index (Phi) is 5.06. The number of carbonyl (C=O) groups is 2. The molecule has 2 rings (SSSR count). The lowest BCUT2D eigenvalue weighted by molar-refractivity contribution is -0.148. The van der Waals surface area contributed by atoms with Gasteiger partial charge in [-0.25, -0.2) is 0 Å². The molecule has 1 aliphatic heterocycles. The second-order valence-electron chi connectivity index (χ2n) is 6.03. The highest BCUT2D eigenvalue weighted by Gasteiger charge is 2.32. The summed E-state index contributed by atoms with van der Waals surface area (Å²) < 4.78 is 5.28. The molecule has 0 saturated carbocycles. The number of hydrogen-bond donors (Lipinski definition) is 1. The van der Waals surface area contributed by atoms with Gasteiger partial charge >= 0.3 is 5.97 Å². The number of ether oxygens (including phenoxy) is 1. The van der Waals surface area contributed by atoms with Crippen molar-refractivity contribution in [1.29, 1.82) is 0 Å². The average molecular weight is 305 g/mol. The van der Waals surface area contributed by atoms with Crippen LogP contribution in [0.25, 0.3) is 0 Å². The molecule has 0 spiro atoms. The van der Waals surface area contributed by atoms with Crippen molar-refractivity contribution in [3.05, 3.63) is 29.3 Å². The van der Waals surface area contributed by atoms with Gasteiger partial charge in [0, 0.05) is 13.1 Å². The fraction of sp³-hybridized carbons (Fsp3) is 0.529. The van der Waals surface area contributed by atoms with Gasteiger partial charge in [0.25, 0.3) is 0 Å². The molecule has 22 heavy (non-hydrogen) atoms. The molecule has 0 radical (unpaired) electrons. The number of methoxy groups -OCH3 is 1. The summed E-state index contributed by atoms with van der Waals surface area (Å²) in [4.78, 5) is 25.3. The van der Waals surface area contributed by atoms with Crippen LogP contribution >= 0.6 is 0 Å². The maximum absolute atomic E-state index is 12.4. The molecule has 1 aromatic carbocycles. The van der Waals surface area contributed by atoms with Crippen LogP contribution < -0.4 is 4.74 Å². The van der Waals surface area contributed by atoms with Crippen molar-refractivity contribution in [2.24, 2.45) is 11.8 Å². The first-order chi connectivity index (χ1) is 10.4. The van der Waals surface area contributed by atoms with Crippen molar-refractivity contribution >= 4 is 11.9 Å². The van der Waals surface area contributed by atoms with Crippen LogP contribution in [0.3, 0.4) is 0 Å². The van der Waals surface area contributed by atoms with Crippen LogP contribution in [-0.2, 0) is 16.0 Å². The number of benzene rings is 1. The zero-order chi connectivity index (χ0) is 16.3. The number of aryl methyl sites for hydroxylation is 1. The summed E-state index contributed by atoms with van der Waals surface area (Å²) in [6, 6.07) is 5.77. The average Bonchev–Trinajstić information content (AvgIpc) is 2.48. The molecule has 1 N–H and O–H groups in total. The van der Waals surface area contributed by atoms with Crippen LogP contribution in [0.4, 0.5) is 0 Å². The monoisotopic (exact) mass is 305 g/mol. The predicted molar refractivity (Wildman–Crippen MR) is 82.9 cm³/mol. The van der Waals surface area contributed by atoms with Crippen molar-refractivity contribution in [1.82, 2.24) is 4.90 Å². The number of carboxylic acid groups (broad SMARTS) is 1. The summed E-state index contributed by atoms with van der Waals surface area (Å²) in [6.45, 7) is 4.89. The number of carboxylic acids is 1. The Balaban J connectivity index is 2.00. The van der Waals surface area contributed by atoms with Gasteiger partial charge in [-0.1, -0.05) is 19.1 Å². The van der Waals surface area contributed by atoms with E-state index < -0.39 is 5.97 Å². The SMILES string of the molecule is COc1cc(CC(=O)N2CCC(C(=O)O)C(C)C2)ccc1C. The highest BCUT2D eigenvalue weighted by molar-refractivity contribution is 5.79. The summed E-state index contributed by atoms with van der Waals surface area (Å²) in [7, 11) is 1.62. The molecule has 1 saturated heterocycles. The van der Waals surface area contributed by atoms with Crippen LogP contribution in [0.5, 0.6) is 5.75 Å². The van der Waals surface area contributed by atoms with Crippen molar-refractivity contribution < 1.29 is 19.4 Å². The van der Waals surface area contributed by atoms with E-state index in [1.54, 1.807) is 12.0 Å². The Labute approximate surface area is 130 Å². The van der Waals surface area contributed by atoms with Crippen molar-refractivity contribution in [3.8, 4) is 5.75 Å². The summed E-state index contributed by atoms with van der Waals surface area (Å²) in [6.07, 6.45) is 0.848. The second kappa shape index (κ2) is 6.81. The molecule has 2 atom stereocenters. The van der Waals surface area contributed by atoms with Gasteiger partial charge in [0.05, 0.1) is 19.4 Å². The summed E-state index contributed by atoms with van der Waals surface area (Å²) in [5.74, 6) is -0.293. The number of piperidine rings is 1. The smallest absolute Gasteiger partial charge is 0.306 e. The molecule has 5 nitrogen and oxygen atoms in total.